The SMILES string of the molecule is CCOC(=O)[C@@H]1CN(C)C[C@H]1c1ccccc1N. The van der Waals surface area contributed by atoms with Gasteiger partial charge in [0, 0.05) is 24.7 Å². The Labute approximate surface area is 108 Å². The maximum Gasteiger partial charge on any atom is 0.310 e. The fourth-order valence-corrected chi connectivity index (χ4v) is 2.65. The van der Waals surface area contributed by atoms with Gasteiger partial charge in [-0.3, -0.25) is 4.79 Å². The summed E-state index contributed by atoms with van der Waals surface area (Å²) in [4.78, 5) is 14.1. The number of para-hydroxylation sites is 1. The van der Waals surface area contributed by atoms with E-state index in [1.807, 2.05) is 38.2 Å². The maximum atomic E-state index is 12.0. The van der Waals surface area contributed by atoms with Gasteiger partial charge < -0.3 is 15.4 Å². The van der Waals surface area contributed by atoms with Gasteiger partial charge in [-0.15, -0.1) is 0 Å². The normalized spacial score (nSPS) is 24.1. The van der Waals surface area contributed by atoms with Gasteiger partial charge in [-0.1, -0.05) is 18.2 Å². The van der Waals surface area contributed by atoms with Gasteiger partial charge in [-0.2, -0.15) is 0 Å². The van der Waals surface area contributed by atoms with E-state index in [2.05, 4.69) is 4.90 Å². The van der Waals surface area contributed by atoms with E-state index < -0.39 is 0 Å². The molecule has 2 rings (SSSR count). The number of esters is 1. The summed E-state index contributed by atoms with van der Waals surface area (Å²) in [6, 6.07) is 7.77. The number of carbonyl (C=O) groups is 1. The van der Waals surface area contributed by atoms with Crippen molar-refractivity contribution in [2.24, 2.45) is 5.92 Å². The minimum Gasteiger partial charge on any atom is -0.466 e. The Morgan fingerprint density at radius 2 is 2.17 bits per heavy atom. The van der Waals surface area contributed by atoms with Crippen LogP contribution in [0.4, 0.5) is 5.69 Å². The molecule has 0 saturated carbocycles. The molecule has 98 valence electrons. The van der Waals surface area contributed by atoms with Crippen LogP contribution >= 0.6 is 0 Å². The zero-order chi connectivity index (χ0) is 13.1. The lowest BCUT2D eigenvalue weighted by Gasteiger charge is -2.18. The number of nitrogens with two attached hydrogens (primary N) is 1. The first-order valence-electron chi connectivity index (χ1n) is 6.33. The smallest absolute Gasteiger partial charge is 0.310 e. The third kappa shape index (κ3) is 2.48. The molecule has 18 heavy (non-hydrogen) atoms. The number of nitrogens with zero attached hydrogens (tertiary/aromatic N) is 1. The fraction of sp³-hybridized carbons (Fsp3) is 0.500. The van der Waals surface area contributed by atoms with Crippen molar-refractivity contribution in [1.29, 1.82) is 0 Å². The lowest BCUT2D eigenvalue weighted by molar-refractivity contribution is -0.147. The van der Waals surface area contributed by atoms with Gasteiger partial charge in [0.15, 0.2) is 0 Å². The van der Waals surface area contributed by atoms with E-state index in [1.165, 1.54) is 0 Å². The first-order valence-corrected chi connectivity index (χ1v) is 6.33. The molecule has 0 aromatic heterocycles. The molecule has 1 heterocycles. The molecule has 0 amide bonds. The molecule has 1 saturated heterocycles. The van der Waals surface area contributed by atoms with E-state index in [0.717, 1.165) is 24.3 Å². The van der Waals surface area contributed by atoms with Crippen molar-refractivity contribution in [3.63, 3.8) is 0 Å². The zero-order valence-corrected chi connectivity index (χ0v) is 10.9. The number of likely N-dealkylation sites (N-methyl/N-ethyl adjacent to an activating group) is 1. The summed E-state index contributed by atoms with van der Waals surface area (Å²) in [5, 5.41) is 0. The van der Waals surface area contributed by atoms with Crippen LogP contribution in [0.15, 0.2) is 24.3 Å². The number of nitrogen functional groups attached to an aromatic ring is 1. The summed E-state index contributed by atoms with van der Waals surface area (Å²) in [6.07, 6.45) is 0. The molecule has 0 unspecified atom stereocenters. The van der Waals surface area contributed by atoms with Gasteiger partial charge in [0.25, 0.3) is 0 Å². The number of anilines is 1. The minimum absolute atomic E-state index is 0.111. The van der Waals surface area contributed by atoms with Gasteiger partial charge >= 0.3 is 5.97 Å². The van der Waals surface area contributed by atoms with E-state index >= 15 is 0 Å². The third-order valence-corrected chi connectivity index (χ3v) is 3.49. The molecule has 1 aromatic carbocycles. The van der Waals surface area contributed by atoms with Crippen molar-refractivity contribution in [2.75, 3.05) is 32.5 Å². The molecule has 1 aliphatic rings. The molecule has 4 heteroatoms. The quantitative estimate of drug-likeness (QED) is 0.650. The molecule has 2 N–H and O–H groups in total. The van der Waals surface area contributed by atoms with Crippen LogP contribution in [0, 0.1) is 5.92 Å². The summed E-state index contributed by atoms with van der Waals surface area (Å²) >= 11 is 0. The van der Waals surface area contributed by atoms with E-state index in [0.29, 0.717) is 6.61 Å². The standard InChI is InChI=1S/C14H20N2O2/c1-3-18-14(17)12-9-16(2)8-11(12)10-6-4-5-7-13(10)15/h4-7,11-12H,3,8-9,15H2,1-2H3/t11-,12+/m0/s1. The number of hydrogen-bond donors (Lipinski definition) is 1. The van der Waals surface area contributed by atoms with Gasteiger partial charge in [0.05, 0.1) is 12.5 Å². The van der Waals surface area contributed by atoms with Crippen molar-refractivity contribution in [3.05, 3.63) is 29.8 Å². The van der Waals surface area contributed by atoms with Gasteiger partial charge in [-0.05, 0) is 25.6 Å². The molecule has 4 nitrogen and oxygen atoms in total. The van der Waals surface area contributed by atoms with Crippen molar-refractivity contribution in [2.45, 2.75) is 12.8 Å². The lowest BCUT2D eigenvalue weighted by Crippen LogP contribution is -2.24. The van der Waals surface area contributed by atoms with Crippen LogP contribution in [-0.2, 0) is 9.53 Å². The highest BCUT2D eigenvalue weighted by Gasteiger charge is 2.38. The van der Waals surface area contributed by atoms with Crippen molar-refractivity contribution in [1.82, 2.24) is 4.90 Å². The van der Waals surface area contributed by atoms with E-state index in [-0.39, 0.29) is 17.8 Å². The molecule has 0 aliphatic carbocycles. The lowest BCUT2D eigenvalue weighted by atomic mass is 9.88. The maximum absolute atomic E-state index is 12.0. The van der Waals surface area contributed by atoms with Crippen LogP contribution in [0.25, 0.3) is 0 Å². The predicted octanol–water partition coefficient (Wildman–Crippen LogP) is 1.48. The summed E-state index contributed by atoms with van der Waals surface area (Å²) < 4.78 is 5.16. The first kappa shape index (κ1) is 12.9. The van der Waals surface area contributed by atoms with Crippen LogP contribution in [0.2, 0.25) is 0 Å². The number of rotatable bonds is 3. The van der Waals surface area contributed by atoms with Crippen molar-refractivity contribution >= 4 is 11.7 Å². The molecule has 1 aliphatic heterocycles. The highest BCUT2D eigenvalue weighted by Crippen LogP contribution is 2.35. The Kier molecular flexibility index (Phi) is 3.87. The molecule has 0 spiro atoms. The Bertz CT molecular complexity index is 434. The van der Waals surface area contributed by atoms with Crippen LogP contribution < -0.4 is 5.73 Å². The highest BCUT2D eigenvalue weighted by atomic mass is 16.5. The second-order valence-corrected chi connectivity index (χ2v) is 4.82. The van der Waals surface area contributed by atoms with Gasteiger partial charge in [0.2, 0.25) is 0 Å². The predicted molar refractivity (Wildman–Crippen MR) is 71.2 cm³/mol. The van der Waals surface area contributed by atoms with Gasteiger partial charge in [-0.25, -0.2) is 0 Å². The average Bonchev–Trinajstić information content (AvgIpc) is 2.72. The second kappa shape index (κ2) is 5.40. The van der Waals surface area contributed by atoms with Crippen LogP contribution in [0.3, 0.4) is 0 Å². The number of benzene rings is 1. The van der Waals surface area contributed by atoms with E-state index in [9.17, 15) is 4.79 Å². The van der Waals surface area contributed by atoms with Crippen molar-refractivity contribution in [3.8, 4) is 0 Å². The molecular formula is C14H20N2O2. The minimum atomic E-state index is -0.116. The highest BCUT2D eigenvalue weighted by molar-refractivity contribution is 5.75. The number of carbonyl (C=O) groups excluding carboxylic acids is 1. The largest absolute Gasteiger partial charge is 0.466 e. The Morgan fingerprint density at radius 3 is 2.83 bits per heavy atom. The number of ether oxygens (including phenoxy) is 1. The third-order valence-electron chi connectivity index (χ3n) is 3.49. The average molecular weight is 248 g/mol. The van der Waals surface area contributed by atoms with E-state index in [4.69, 9.17) is 10.5 Å². The number of likely N-dealkylation sites (tertiary alicyclic amines) is 1. The van der Waals surface area contributed by atoms with Crippen molar-refractivity contribution < 1.29 is 9.53 Å². The van der Waals surface area contributed by atoms with Crippen LogP contribution in [0.5, 0.6) is 0 Å². The second-order valence-electron chi connectivity index (χ2n) is 4.82. The Hall–Kier alpha value is -1.55. The summed E-state index contributed by atoms with van der Waals surface area (Å²) in [6.45, 7) is 3.84. The first-order chi connectivity index (χ1) is 8.63. The monoisotopic (exact) mass is 248 g/mol. The summed E-state index contributed by atoms with van der Waals surface area (Å²) in [5.74, 6) is -0.0926. The molecule has 2 atom stereocenters. The topological polar surface area (TPSA) is 55.6 Å². The molecule has 0 bridgehead atoms. The van der Waals surface area contributed by atoms with E-state index in [1.54, 1.807) is 0 Å². The Morgan fingerprint density at radius 1 is 1.44 bits per heavy atom. The molecule has 1 aromatic rings. The Balaban J connectivity index is 2.25. The molecule has 0 radical (unpaired) electrons. The molecular weight excluding hydrogens is 228 g/mol. The zero-order valence-electron chi connectivity index (χ0n) is 10.9. The number of hydrogen-bond acceptors (Lipinski definition) is 4. The summed E-state index contributed by atoms with van der Waals surface area (Å²) in [7, 11) is 2.02. The van der Waals surface area contributed by atoms with Crippen LogP contribution in [-0.4, -0.2) is 37.6 Å². The fourth-order valence-electron chi connectivity index (χ4n) is 2.65. The van der Waals surface area contributed by atoms with Crippen LogP contribution in [0.1, 0.15) is 18.4 Å². The molecule has 1 fully saturated rings. The summed E-state index contributed by atoms with van der Waals surface area (Å²) in [5.41, 5.74) is 7.82. The van der Waals surface area contributed by atoms with Gasteiger partial charge in [0.1, 0.15) is 0 Å².